The Balaban J connectivity index is 1.24. The van der Waals surface area contributed by atoms with Crippen molar-refractivity contribution in [1.82, 2.24) is 15.0 Å². The Labute approximate surface area is 187 Å². The molecule has 5 rings (SSSR count). The normalized spacial score (nSPS) is 24.8. The van der Waals surface area contributed by atoms with Crippen LogP contribution in [0, 0.1) is 0 Å². The molecule has 11 heteroatoms. The molecule has 0 radical (unpaired) electrons. The van der Waals surface area contributed by atoms with Crippen LogP contribution in [0.5, 0.6) is 0 Å². The molecule has 0 aromatic carbocycles. The summed E-state index contributed by atoms with van der Waals surface area (Å²) in [6.45, 7) is 2.59. The molecule has 4 heterocycles. The van der Waals surface area contributed by atoms with Crippen LogP contribution >= 0.6 is 11.8 Å². The molecular formula is C21H23F3N6OS. The summed E-state index contributed by atoms with van der Waals surface area (Å²) in [5.41, 5.74) is 0.865. The van der Waals surface area contributed by atoms with Gasteiger partial charge in [-0.3, -0.25) is 9.78 Å². The van der Waals surface area contributed by atoms with Gasteiger partial charge in [0.15, 0.2) is 5.82 Å². The summed E-state index contributed by atoms with van der Waals surface area (Å²) in [4.78, 5) is 30.0. The smallest absolute Gasteiger partial charge is 0.351 e. The van der Waals surface area contributed by atoms with Crippen molar-refractivity contribution in [2.24, 2.45) is 0 Å². The van der Waals surface area contributed by atoms with E-state index in [-0.39, 0.29) is 18.0 Å². The fourth-order valence-electron chi connectivity index (χ4n) is 4.33. The molecule has 1 N–H and O–H groups in total. The standard InChI is InChI=1S/C21H23F3N6OS/c1-11-19(31)30-7-3-4-15-17(30)18(29(11)2)28-20(27-15)26-12-8-14(9-12)32-13-5-6-16(25-10-13)21(22,23)24/h5-6,10-12,14H,3-4,7-9H2,1-2H3,(H,26,27,28)/t11-,12?,14?/m0/s1. The highest BCUT2D eigenvalue weighted by Crippen LogP contribution is 2.41. The number of carbonyl (C=O) groups excluding carboxylic acids is 1. The topological polar surface area (TPSA) is 74.2 Å². The van der Waals surface area contributed by atoms with Gasteiger partial charge in [-0.05, 0) is 44.7 Å². The van der Waals surface area contributed by atoms with Gasteiger partial charge in [-0.2, -0.15) is 18.2 Å². The van der Waals surface area contributed by atoms with E-state index in [2.05, 4.69) is 10.3 Å². The number of alkyl halides is 3. The third-order valence-corrected chi connectivity index (χ3v) is 7.53. The number of carbonyl (C=O) groups is 1. The Morgan fingerprint density at radius 3 is 2.69 bits per heavy atom. The summed E-state index contributed by atoms with van der Waals surface area (Å²) < 4.78 is 38.0. The molecule has 0 bridgehead atoms. The highest BCUT2D eigenvalue weighted by Gasteiger charge is 2.39. The molecule has 1 atom stereocenters. The van der Waals surface area contributed by atoms with E-state index in [4.69, 9.17) is 9.97 Å². The zero-order chi connectivity index (χ0) is 22.6. The number of nitrogens with zero attached hydrogens (tertiary/aromatic N) is 5. The first-order chi connectivity index (χ1) is 15.2. The summed E-state index contributed by atoms with van der Waals surface area (Å²) >= 11 is 1.54. The van der Waals surface area contributed by atoms with Crippen LogP contribution in [-0.4, -0.2) is 51.8 Å². The maximum Gasteiger partial charge on any atom is 0.433 e. The molecule has 170 valence electrons. The zero-order valence-corrected chi connectivity index (χ0v) is 18.5. The second-order valence-electron chi connectivity index (χ2n) is 8.48. The van der Waals surface area contributed by atoms with Crippen molar-refractivity contribution in [3.63, 3.8) is 0 Å². The van der Waals surface area contributed by atoms with E-state index in [1.54, 1.807) is 11.8 Å². The van der Waals surface area contributed by atoms with Gasteiger partial charge in [0.25, 0.3) is 0 Å². The Morgan fingerprint density at radius 2 is 2.00 bits per heavy atom. The van der Waals surface area contributed by atoms with E-state index in [0.717, 1.165) is 53.8 Å². The maximum atomic E-state index is 12.7. The van der Waals surface area contributed by atoms with Gasteiger partial charge in [0, 0.05) is 36.0 Å². The summed E-state index contributed by atoms with van der Waals surface area (Å²) in [6.07, 6.45) is 0.287. The van der Waals surface area contributed by atoms with Crippen molar-refractivity contribution < 1.29 is 18.0 Å². The molecule has 32 heavy (non-hydrogen) atoms. The van der Waals surface area contributed by atoms with Crippen molar-refractivity contribution in [3.8, 4) is 0 Å². The van der Waals surface area contributed by atoms with Crippen molar-refractivity contribution in [2.45, 2.75) is 61.0 Å². The van der Waals surface area contributed by atoms with Crippen LogP contribution < -0.4 is 15.1 Å². The van der Waals surface area contributed by atoms with Crippen molar-refractivity contribution >= 4 is 35.1 Å². The number of likely N-dealkylation sites (N-methyl/N-ethyl adjacent to an activating group) is 1. The van der Waals surface area contributed by atoms with Gasteiger partial charge >= 0.3 is 6.18 Å². The first kappa shape index (κ1) is 21.3. The third kappa shape index (κ3) is 3.76. The largest absolute Gasteiger partial charge is 0.433 e. The van der Waals surface area contributed by atoms with E-state index in [1.807, 2.05) is 23.8 Å². The second-order valence-corrected chi connectivity index (χ2v) is 9.85. The SMILES string of the molecule is C[C@H]1C(=O)N2CCCc3nc(NC4CC(Sc5ccc(C(F)(F)F)nc5)C4)nc(c32)N1C. The number of hydrogen-bond acceptors (Lipinski definition) is 7. The molecule has 2 aliphatic heterocycles. The second kappa shape index (κ2) is 7.79. The van der Waals surface area contributed by atoms with Gasteiger partial charge in [0.1, 0.15) is 17.4 Å². The van der Waals surface area contributed by atoms with Crippen LogP contribution in [0.2, 0.25) is 0 Å². The van der Waals surface area contributed by atoms with Crippen LogP contribution in [0.1, 0.15) is 37.6 Å². The van der Waals surface area contributed by atoms with Crippen LogP contribution in [0.3, 0.4) is 0 Å². The predicted molar refractivity (Wildman–Crippen MR) is 116 cm³/mol. The van der Waals surface area contributed by atoms with Crippen molar-refractivity contribution in [3.05, 3.63) is 29.7 Å². The summed E-state index contributed by atoms with van der Waals surface area (Å²) in [5, 5.41) is 3.71. The van der Waals surface area contributed by atoms with Crippen LogP contribution in [-0.2, 0) is 17.4 Å². The Hall–Kier alpha value is -2.56. The van der Waals surface area contributed by atoms with E-state index < -0.39 is 11.9 Å². The predicted octanol–water partition coefficient (Wildman–Crippen LogP) is 3.74. The molecule has 1 fully saturated rings. The number of nitrogens with one attached hydrogen (secondary N) is 1. The number of hydrogen-bond donors (Lipinski definition) is 1. The maximum absolute atomic E-state index is 12.7. The molecule has 0 spiro atoms. The molecule has 7 nitrogen and oxygen atoms in total. The molecule has 0 unspecified atom stereocenters. The van der Waals surface area contributed by atoms with E-state index in [0.29, 0.717) is 17.7 Å². The molecule has 3 aliphatic rings. The summed E-state index contributed by atoms with van der Waals surface area (Å²) in [6, 6.07) is 2.43. The molecular weight excluding hydrogens is 441 g/mol. The third-order valence-electron chi connectivity index (χ3n) is 6.30. The lowest BCUT2D eigenvalue weighted by Crippen LogP contribution is -2.53. The number of pyridine rings is 1. The number of aryl methyl sites for hydroxylation is 1. The number of anilines is 3. The lowest BCUT2D eigenvalue weighted by atomic mass is 9.92. The number of halogens is 3. The Bertz CT molecular complexity index is 1040. The highest BCUT2D eigenvalue weighted by molar-refractivity contribution is 8.00. The first-order valence-corrected chi connectivity index (χ1v) is 11.5. The molecule has 2 aromatic heterocycles. The average Bonchev–Trinajstić information content (AvgIpc) is 2.74. The fraction of sp³-hybridized carbons (Fsp3) is 0.524. The van der Waals surface area contributed by atoms with Crippen LogP contribution in [0.15, 0.2) is 23.2 Å². The van der Waals surface area contributed by atoms with Crippen molar-refractivity contribution in [2.75, 3.05) is 28.7 Å². The minimum absolute atomic E-state index is 0.0851. The Kier molecular flexibility index (Phi) is 5.18. The van der Waals surface area contributed by atoms with Gasteiger partial charge in [-0.25, -0.2) is 4.98 Å². The minimum Gasteiger partial charge on any atom is -0.351 e. The zero-order valence-electron chi connectivity index (χ0n) is 17.7. The van der Waals surface area contributed by atoms with Gasteiger partial charge in [0.05, 0.1) is 5.69 Å². The molecule has 2 aromatic rings. The minimum atomic E-state index is -4.42. The van der Waals surface area contributed by atoms with Gasteiger partial charge < -0.3 is 15.1 Å². The fourth-order valence-corrected chi connectivity index (χ4v) is 5.64. The molecule has 1 saturated carbocycles. The highest BCUT2D eigenvalue weighted by atomic mass is 32.2. The number of rotatable bonds is 4. The van der Waals surface area contributed by atoms with E-state index in [1.165, 1.54) is 12.3 Å². The first-order valence-electron chi connectivity index (χ1n) is 10.6. The van der Waals surface area contributed by atoms with E-state index in [9.17, 15) is 18.0 Å². The number of aromatic nitrogens is 3. The molecule has 1 aliphatic carbocycles. The van der Waals surface area contributed by atoms with Gasteiger partial charge in [-0.1, -0.05) is 0 Å². The number of thioether (sulfide) groups is 1. The summed E-state index contributed by atoms with van der Waals surface area (Å²) in [5.74, 6) is 1.44. The van der Waals surface area contributed by atoms with Gasteiger partial charge in [-0.15, -0.1) is 11.8 Å². The van der Waals surface area contributed by atoms with Gasteiger partial charge in [0.2, 0.25) is 11.9 Å². The quantitative estimate of drug-likeness (QED) is 0.739. The Morgan fingerprint density at radius 1 is 1.22 bits per heavy atom. The average molecular weight is 465 g/mol. The van der Waals surface area contributed by atoms with E-state index >= 15 is 0 Å². The number of amides is 1. The van der Waals surface area contributed by atoms with Crippen LogP contribution in [0.25, 0.3) is 0 Å². The molecule has 1 amide bonds. The van der Waals surface area contributed by atoms with Crippen LogP contribution in [0.4, 0.5) is 30.6 Å². The lowest BCUT2D eigenvalue weighted by Gasteiger charge is -2.42. The lowest BCUT2D eigenvalue weighted by molar-refractivity contribution is -0.141. The monoisotopic (exact) mass is 464 g/mol. The molecule has 0 saturated heterocycles. The van der Waals surface area contributed by atoms with Crippen molar-refractivity contribution in [1.29, 1.82) is 0 Å². The summed E-state index contributed by atoms with van der Waals surface area (Å²) in [7, 11) is 1.88.